The molecule has 3 heterocycles. The van der Waals surface area contributed by atoms with Gasteiger partial charge in [-0.25, -0.2) is 4.79 Å². The lowest BCUT2D eigenvalue weighted by molar-refractivity contribution is 0.0843. The molecule has 1 unspecified atom stereocenters. The fourth-order valence-electron chi connectivity index (χ4n) is 4.45. The zero-order valence-corrected chi connectivity index (χ0v) is 14.9. The van der Waals surface area contributed by atoms with Crippen molar-refractivity contribution < 1.29 is 9.90 Å². The number of carbonyl (C=O) groups is 1. The summed E-state index contributed by atoms with van der Waals surface area (Å²) < 4.78 is 2.45. The van der Waals surface area contributed by atoms with Gasteiger partial charge in [0.25, 0.3) is 0 Å². The van der Waals surface area contributed by atoms with Gasteiger partial charge < -0.3 is 19.9 Å². The van der Waals surface area contributed by atoms with Crippen LogP contribution in [0.3, 0.4) is 0 Å². The van der Waals surface area contributed by atoms with Gasteiger partial charge in [-0.1, -0.05) is 18.2 Å². The van der Waals surface area contributed by atoms with E-state index in [4.69, 9.17) is 0 Å². The number of para-hydroxylation sites is 1. The van der Waals surface area contributed by atoms with E-state index in [2.05, 4.69) is 35.0 Å². The van der Waals surface area contributed by atoms with E-state index in [1.165, 1.54) is 34.1 Å². The van der Waals surface area contributed by atoms with Gasteiger partial charge >= 0.3 is 6.03 Å². The molecule has 1 aromatic heterocycles. The first-order valence-electron chi connectivity index (χ1n) is 9.45. The number of aryl methyl sites for hydroxylation is 2. The maximum atomic E-state index is 12.3. The maximum absolute atomic E-state index is 12.3. The van der Waals surface area contributed by atoms with Gasteiger partial charge in [0.1, 0.15) is 0 Å². The highest BCUT2D eigenvalue weighted by atomic mass is 16.3. The van der Waals surface area contributed by atoms with E-state index in [0.29, 0.717) is 13.1 Å². The minimum atomic E-state index is -0.375. The van der Waals surface area contributed by atoms with Crippen molar-refractivity contribution in [2.75, 3.05) is 19.6 Å². The van der Waals surface area contributed by atoms with Crippen LogP contribution >= 0.6 is 0 Å². The van der Waals surface area contributed by atoms with Gasteiger partial charge in [0, 0.05) is 37.3 Å². The van der Waals surface area contributed by atoms with Gasteiger partial charge in [0.15, 0.2) is 0 Å². The van der Waals surface area contributed by atoms with E-state index in [9.17, 15) is 9.90 Å². The molecule has 1 atom stereocenters. The number of nitrogens with zero attached hydrogens (tertiary/aromatic N) is 2. The molecule has 2 aliphatic rings. The second-order valence-corrected chi connectivity index (χ2v) is 7.36. The first-order valence-corrected chi connectivity index (χ1v) is 9.45. The summed E-state index contributed by atoms with van der Waals surface area (Å²) in [5.74, 6) is 0. The summed E-state index contributed by atoms with van der Waals surface area (Å²) in [4.78, 5) is 14.0. The van der Waals surface area contributed by atoms with Gasteiger partial charge in [0.2, 0.25) is 0 Å². The zero-order chi connectivity index (χ0) is 17.4. The number of nitrogens with one attached hydrogen (secondary N) is 1. The van der Waals surface area contributed by atoms with Crippen molar-refractivity contribution in [1.29, 1.82) is 0 Å². The molecule has 1 fully saturated rings. The zero-order valence-electron chi connectivity index (χ0n) is 14.9. The van der Waals surface area contributed by atoms with Crippen LogP contribution in [0, 0.1) is 6.92 Å². The highest BCUT2D eigenvalue weighted by Crippen LogP contribution is 2.32. The first-order chi connectivity index (χ1) is 12.1. The standard InChI is InChI=1S/C20H27N3O2/c1-14-17(9-10-21-20(25)22-11-4-7-16(24)13-22)18-8-2-5-15-6-3-12-23(14)19(15)18/h2,5,8,16,24H,3-4,6-7,9-13H2,1H3,(H,21,25). The lowest BCUT2D eigenvalue weighted by Gasteiger charge is -2.30. The molecule has 2 aliphatic heterocycles. The lowest BCUT2D eigenvalue weighted by Crippen LogP contribution is -2.47. The number of β-amino-alcohol motifs (C(OH)–C–C–N with tert-alkyl or cyclic N) is 1. The SMILES string of the molecule is Cc1c(CCNC(=O)N2CCCC(O)C2)c2cccc3c2n1CCC3. The Balaban J connectivity index is 1.46. The monoisotopic (exact) mass is 341 g/mol. The van der Waals surface area contributed by atoms with Gasteiger partial charge in [-0.15, -0.1) is 0 Å². The summed E-state index contributed by atoms with van der Waals surface area (Å²) in [5.41, 5.74) is 5.54. The van der Waals surface area contributed by atoms with E-state index in [-0.39, 0.29) is 12.1 Å². The summed E-state index contributed by atoms with van der Waals surface area (Å²) >= 11 is 0. The molecule has 2 aromatic rings. The van der Waals surface area contributed by atoms with Gasteiger partial charge in [-0.3, -0.25) is 0 Å². The average molecular weight is 341 g/mol. The molecular weight excluding hydrogens is 314 g/mol. The molecule has 2 N–H and O–H groups in total. The Morgan fingerprint density at radius 2 is 2.20 bits per heavy atom. The van der Waals surface area contributed by atoms with E-state index < -0.39 is 0 Å². The van der Waals surface area contributed by atoms with E-state index in [1.807, 2.05) is 0 Å². The summed E-state index contributed by atoms with van der Waals surface area (Å²) in [6.07, 6.45) is 4.51. The summed E-state index contributed by atoms with van der Waals surface area (Å²) in [5, 5.41) is 14.1. The van der Waals surface area contributed by atoms with Crippen molar-refractivity contribution in [2.24, 2.45) is 0 Å². The Morgan fingerprint density at radius 1 is 1.32 bits per heavy atom. The van der Waals surface area contributed by atoms with Crippen LogP contribution in [0.25, 0.3) is 10.9 Å². The number of aliphatic hydroxyl groups is 1. The van der Waals surface area contributed by atoms with E-state index in [0.717, 1.165) is 38.8 Å². The van der Waals surface area contributed by atoms with E-state index >= 15 is 0 Å². The van der Waals surface area contributed by atoms with E-state index in [1.54, 1.807) is 4.90 Å². The number of amides is 2. The van der Waals surface area contributed by atoms with Crippen LogP contribution in [-0.4, -0.2) is 46.3 Å². The topological polar surface area (TPSA) is 57.5 Å². The smallest absolute Gasteiger partial charge is 0.317 e. The Labute approximate surface area is 148 Å². The number of benzene rings is 1. The molecule has 5 heteroatoms. The number of aliphatic hydroxyl groups excluding tert-OH is 1. The third-order valence-electron chi connectivity index (χ3n) is 5.72. The van der Waals surface area contributed by atoms with Crippen molar-refractivity contribution in [3.8, 4) is 0 Å². The summed E-state index contributed by atoms with van der Waals surface area (Å²) in [7, 11) is 0. The van der Waals surface area contributed by atoms with Crippen molar-refractivity contribution in [2.45, 2.75) is 51.7 Å². The molecule has 1 aromatic carbocycles. The van der Waals surface area contributed by atoms with Crippen LogP contribution in [-0.2, 0) is 19.4 Å². The Kier molecular flexibility index (Phi) is 4.42. The Bertz CT molecular complexity index is 796. The van der Waals surface area contributed by atoms with Gasteiger partial charge in [-0.05, 0) is 50.2 Å². The minimum Gasteiger partial charge on any atom is -0.391 e. The van der Waals surface area contributed by atoms with Crippen molar-refractivity contribution in [3.63, 3.8) is 0 Å². The number of carbonyl (C=O) groups excluding carboxylic acids is 1. The largest absolute Gasteiger partial charge is 0.391 e. The van der Waals surface area contributed by atoms with Crippen molar-refractivity contribution in [3.05, 3.63) is 35.0 Å². The maximum Gasteiger partial charge on any atom is 0.317 e. The number of rotatable bonds is 3. The summed E-state index contributed by atoms with van der Waals surface area (Å²) in [6, 6.07) is 6.56. The molecule has 1 saturated heterocycles. The van der Waals surface area contributed by atoms with Crippen LogP contribution in [0.15, 0.2) is 18.2 Å². The van der Waals surface area contributed by atoms with Crippen LogP contribution in [0.5, 0.6) is 0 Å². The van der Waals surface area contributed by atoms with Crippen molar-refractivity contribution in [1.82, 2.24) is 14.8 Å². The highest BCUT2D eigenvalue weighted by molar-refractivity contribution is 5.88. The first kappa shape index (κ1) is 16.5. The second kappa shape index (κ2) is 6.71. The number of aromatic nitrogens is 1. The molecule has 4 rings (SSSR count). The molecule has 2 amide bonds. The molecule has 0 radical (unpaired) electrons. The predicted octanol–water partition coefficient (Wildman–Crippen LogP) is 2.60. The number of likely N-dealkylation sites (tertiary alicyclic amines) is 1. The minimum absolute atomic E-state index is 0.0508. The van der Waals surface area contributed by atoms with Crippen LogP contribution in [0.2, 0.25) is 0 Å². The normalized spacial score (nSPS) is 20.1. The molecule has 0 spiro atoms. The van der Waals surface area contributed by atoms with Gasteiger partial charge in [0.05, 0.1) is 11.6 Å². The molecule has 25 heavy (non-hydrogen) atoms. The number of hydrogen-bond donors (Lipinski definition) is 2. The molecule has 134 valence electrons. The second-order valence-electron chi connectivity index (χ2n) is 7.36. The number of piperidine rings is 1. The molecule has 0 saturated carbocycles. The lowest BCUT2D eigenvalue weighted by atomic mass is 10.0. The molecular formula is C20H27N3O2. The number of urea groups is 1. The summed E-state index contributed by atoms with van der Waals surface area (Å²) in [6.45, 7) is 5.12. The van der Waals surface area contributed by atoms with Crippen LogP contribution in [0.4, 0.5) is 4.79 Å². The quantitative estimate of drug-likeness (QED) is 0.902. The number of hydrogen-bond acceptors (Lipinski definition) is 2. The molecule has 5 nitrogen and oxygen atoms in total. The predicted molar refractivity (Wildman–Crippen MR) is 98.9 cm³/mol. The molecule has 0 aliphatic carbocycles. The average Bonchev–Trinajstić information content (AvgIpc) is 2.90. The third-order valence-corrected chi connectivity index (χ3v) is 5.72. The van der Waals surface area contributed by atoms with Gasteiger partial charge in [-0.2, -0.15) is 0 Å². The highest BCUT2D eigenvalue weighted by Gasteiger charge is 2.22. The Morgan fingerprint density at radius 3 is 3.04 bits per heavy atom. The van der Waals surface area contributed by atoms with Crippen molar-refractivity contribution >= 4 is 16.9 Å². The van der Waals surface area contributed by atoms with Crippen LogP contribution < -0.4 is 5.32 Å². The van der Waals surface area contributed by atoms with Crippen LogP contribution in [0.1, 0.15) is 36.1 Å². The molecule has 0 bridgehead atoms. The Hall–Kier alpha value is -2.01. The third kappa shape index (κ3) is 3.01. The fourth-order valence-corrected chi connectivity index (χ4v) is 4.45. The fraction of sp³-hybridized carbons (Fsp3) is 0.550.